The number of halogens is 2. The smallest absolute Gasteiger partial charge is 0.387 e. The van der Waals surface area contributed by atoms with Gasteiger partial charge in [-0.05, 0) is 44.9 Å². The van der Waals surface area contributed by atoms with Crippen molar-refractivity contribution in [2.45, 2.75) is 45.5 Å². The molecule has 1 aliphatic rings. The second-order valence-electron chi connectivity index (χ2n) is 7.22. The molecule has 0 atom stereocenters. The van der Waals surface area contributed by atoms with Crippen LogP contribution in [-0.4, -0.2) is 33.6 Å². The largest absolute Gasteiger partial charge is 0.488 e. The summed E-state index contributed by atoms with van der Waals surface area (Å²) in [7, 11) is 1.79. The Kier molecular flexibility index (Phi) is 4.89. The molecule has 0 radical (unpaired) electrons. The summed E-state index contributed by atoms with van der Waals surface area (Å²) < 4.78 is 43.7. The van der Waals surface area contributed by atoms with Crippen LogP contribution in [0.15, 0.2) is 29.2 Å². The molecule has 0 saturated heterocycles. The zero-order valence-corrected chi connectivity index (χ0v) is 16.2. The summed E-state index contributed by atoms with van der Waals surface area (Å²) in [6.07, 6.45) is 3.10. The highest BCUT2D eigenvalue weighted by Gasteiger charge is 2.27. The molecule has 3 aromatic rings. The lowest BCUT2D eigenvalue weighted by molar-refractivity contribution is -0.0516. The van der Waals surface area contributed by atoms with Gasteiger partial charge >= 0.3 is 6.61 Å². The van der Waals surface area contributed by atoms with Crippen molar-refractivity contribution < 1.29 is 23.0 Å². The second-order valence-corrected chi connectivity index (χ2v) is 7.22. The summed E-state index contributed by atoms with van der Waals surface area (Å²) in [6, 6.07) is 4.72. The highest BCUT2D eigenvalue weighted by Crippen LogP contribution is 2.42. The van der Waals surface area contributed by atoms with Crippen molar-refractivity contribution in [3.8, 4) is 28.5 Å². The number of benzene rings is 1. The number of aromatic amines is 1. The molecule has 0 bridgehead atoms. The van der Waals surface area contributed by atoms with Crippen LogP contribution < -0.4 is 19.8 Å². The number of aryl methyl sites for hydroxylation is 1. The van der Waals surface area contributed by atoms with E-state index in [0.29, 0.717) is 27.9 Å². The van der Waals surface area contributed by atoms with Gasteiger partial charge in [-0.25, -0.2) is 5.10 Å². The molecular formula is C20H21F2N3O4. The number of ether oxygens (including phenoxy) is 3. The molecule has 0 amide bonds. The number of nitrogens with zero attached hydrogens (tertiary/aromatic N) is 2. The molecule has 0 spiro atoms. The van der Waals surface area contributed by atoms with Crippen molar-refractivity contribution in [2.75, 3.05) is 0 Å². The van der Waals surface area contributed by atoms with E-state index in [4.69, 9.17) is 9.47 Å². The van der Waals surface area contributed by atoms with E-state index >= 15 is 0 Å². The van der Waals surface area contributed by atoms with Crippen LogP contribution in [0.5, 0.6) is 17.2 Å². The summed E-state index contributed by atoms with van der Waals surface area (Å²) in [4.78, 5) is 12.4. The first-order valence-corrected chi connectivity index (χ1v) is 9.33. The van der Waals surface area contributed by atoms with Crippen molar-refractivity contribution >= 4 is 10.9 Å². The zero-order valence-electron chi connectivity index (χ0n) is 16.2. The van der Waals surface area contributed by atoms with E-state index < -0.39 is 6.61 Å². The maximum Gasteiger partial charge on any atom is 0.387 e. The SMILES string of the molecule is CC(C)Oc1c(-c2ccc(OC(F)F)c(OC3CC3)c2)n(C)c2cn[nH]c(=O)c12. The molecule has 1 N–H and O–H groups in total. The molecule has 0 aliphatic heterocycles. The Morgan fingerprint density at radius 1 is 1.21 bits per heavy atom. The van der Waals surface area contributed by atoms with Crippen LogP contribution in [0.2, 0.25) is 0 Å². The number of hydrogen-bond donors (Lipinski definition) is 1. The van der Waals surface area contributed by atoms with Crippen LogP contribution in [0.25, 0.3) is 22.2 Å². The van der Waals surface area contributed by atoms with Gasteiger partial charge in [0, 0.05) is 12.6 Å². The molecule has 1 fully saturated rings. The van der Waals surface area contributed by atoms with Gasteiger partial charge in [0.1, 0.15) is 5.39 Å². The molecule has 1 aromatic carbocycles. The van der Waals surface area contributed by atoms with Gasteiger partial charge < -0.3 is 18.8 Å². The Balaban J connectivity index is 1.90. The lowest BCUT2D eigenvalue weighted by Crippen LogP contribution is -2.11. The predicted molar refractivity (Wildman–Crippen MR) is 103 cm³/mol. The number of nitrogens with one attached hydrogen (secondary N) is 1. The number of rotatable bonds is 7. The summed E-state index contributed by atoms with van der Waals surface area (Å²) in [5, 5.41) is 6.68. The second kappa shape index (κ2) is 7.38. The average molecular weight is 405 g/mol. The highest BCUT2D eigenvalue weighted by molar-refractivity contribution is 5.94. The van der Waals surface area contributed by atoms with Crippen LogP contribution in [0.3, 0.4) is 0 Å². The monoisotopic (exact) mass is 405 g/mol. The molecular weight excluding hydrogens is 384 g/mol. The van der Waals surface area contributed by atoms with E-state index in [0.717, 1.165) is 12.8 Å². The summed E-state index contributed by atoms with van der Waals surface area (Å²) in [6.45, 7) is 0.766. The summed E-state index contributed by atoms with van der Waals surface area (Å²) in [5.74, 6) is 0.611. The molecule has 1 aliphatic carbocycles. The maximum atomic E-state index is 12.8. The van der Waals surface area contributed by atoms with Crippen molar-refractivity contribution in [3.05, 3.63) is 34.7 Å². The molecule has 9 heteroatoms. The average Bonchev–Trinajstić information content (AvgIpc) is 3.41. The van der Waals surface area contributed by atoms with Crippen molar-refractivity contribution in [1.29, 1.82) is 0 Å². The Labute approximate surface area is 165 Å². The minimum absolute atomic E-state index is 0.00353. The van der Waals surface area contributed by atoms with Gasteiger partial charge in [0.15, 0.2) is 17.2 Å². The van der Waals surface area contributed by atoms with Gasteiger partial charge in [-0.2, -0.15) is 13.9 Å². The van der Waals surface area contributed by atoms with Crippen LogP contribution in [0.1, 0.15) is 26.7 Å². The van der Waals surface area contributed by atoms with Crippen molar-refractivity contribution in [3.63, 3.8) is 0 Å². The normalized spacial score (nSPS) is 14.0. The third kappa shape index (κ3) is 3.76. The highest BCUT2D eigenvalue weighted by atomic mass is 19.3. The lowest BCUT2D eigenvalue weighted by atomic mass is 10.1. The van der Waals surface area contributed by atoms with E-state index in [1.807, 2.05) is 13.8 Å². The van der Waals surface area contributed by atoms with Crippen LogP contribution in [-0.2, 0) is 7.05 Å². The van der Waals surface area contributed by atoms with Crippen molar-refractivity contribution in [2.24, 2.45) is 7.05 Å². The molecule has 7 nitrogen and oxygen atoms in total. The molecule has 4 rings (SSSR count). The van der Waals surface area contributed by atoms with E-state index in [1.54, 1.807) is 29.9 Å². The third-order valence-corrected chi connectivity index (χ3v) is 4.58. The zero-order chi connectivity index (χ0) is 20.7. The standard InChI is InChI=1S/C20H21F2N3O4/c1-10(2)27-18-16-13(9-23-24-19(16)26)25(3)17(18)11-4-7-14(29-20(21)22)15(8-11)28-12-5-6-12/h4,7-10,12,20H,5-6H2,1-3H3,(H,24,26). The van der Waals surface area contributed by atoms with Gasteiger partial charge in [-0.15, -0.1) is 0 Å². The first kappa shape index (κ1) is 19.2. The number of hydrogen-bond acceptors (Lipinski definition) is 5. The quantitative estimate of drug-likeness (QED) is 0.646. The Morgan fingerprint density at radius 3 is 2.62 bits per heavy atom. The molecule has 2 heterocycles. The van der Waals surface area contributed by atoms with E-state index in [9.17, 15) is 13.6 Å². The third-order valence-electron chi connectivity index (χ3n) is 4.58. The molecule has 1 saturated carbocycles. The Morgan fingerprint density at radius 2 is 1.97 bits per heavy atom. The molecule has 2 aromatic heterocycles. The van der Waals surface area contributed by atoms with Gasteiger partial charge in [0.25, 0.3) is 5.56 Å². The Bertz CT molecular complexity index is 1100. The van der Waals surface area contributed by atoms with Gasteiger partial charge in [0.2, 0.25) is 0 Å². The molecule has 29 heavy (non-hydrogen) atoms. The Hall–Kier alpha value is -3.10. The topological polar surface area (TPSA) is 78.4 Å². The minimum atomic E-state index is -2.95. The summed E-state index contributed by atoms with van der Waals surface area (Å²) in [5.41, 5.74) is 1.50. The predicted octanol–water partition coefficient (Wildman–Crippen LogP) is 3.86. The summed E-state index contributed by atoms with van der Waals surface area (Å²) >= 11 is 0. The fourth-order valence-electron chi connectivity index (χ4n) is 3.24. The lowest BCUT2D eigenvalue weighted by Gasteiger charge is -2.16. The number of aromatic nitrogens is 3. The molecule has 0 unspecified atom stereocenters. The van der Waals surface area contributed by atoms with Gasteiger partial charge in [-0.1, -0.05) is 0 Å². The number of fused-ring (bicyclic) bond motifs is 1. The maximum absolute atomic E-state index is 12.8. The first-order chi connectivity index (χ1) is 13.8. The minimum Gasteiger partial charge on any atom is -0.488 e. The number of H-pyrrole nitrogens is 1. The van der Waals surface area contributed by atoms with Crippen LogP contribution in [0, 0.1) is 0 Å². The van der Waals surface area contributed by atoms with Crippen LogP contribution >= 0.6 is 0 Å². The first-order valence-electron chi connectivity index (χ1n) is 9.33. The van der Waals surface area contributed by atoms with Gasteiger partial charge in [0.05, 0.1) is 29.6 Å². The van der Waals surface area contributed by atoms with Crippen LogP contribution in [0.4, 0.5) is 8.78 Å². The van der Waals surface area contributed by atoms with Crippen molar-refractivity contribution in [1.82, 2.24) is 14.8 Å². The van der Waals surface area contributed by atoms with E-state index in [-0.39, 0.29) is 29.3 Å². The fourth-order valence-corrected chi connectivity index (χ4v) is 3.24. The van der Waals surface area contributed by atoms with E-state index in [1.165, 1.54) is 6.07 Å². The molecule has 154 valence electrons. The number of alkyl halides is 2. The van der Waals surface area contributed by atoms with Gasteiger partial charge in [-0.3, -0.25) is 4.79 Å². The fraction of sp³-hybridized carbons (Fsp3) is 0.400. The van der Waals surface area contributed by atoms with E-state index in [2.05, 4.69) is 14.9 Å².